The molecule has 6 aromatic carbocycles. The first kappa shape index (κ1) is 42.6. The van der Waals surface area contributed by atoms with Gasteiger partial charge in [-0.25, -0.2) is 0 Å². The topological polar surface area (TPSA) is 55.4 Å². The second-order valence-electron chi connectivity index (χ2n) is 18.5. The molecule has 2 aliphatic carbocycles. The normalized spacial score (nSPS) is 17.3. The Morgan fingerprint density at radius 2 is 1.13 bits per heavy atom. The van der Waals surface area contributed by atoms with Gasteiger partial charge in [-0.05, 0) is 136 Å². The Hall–Kier alpha value is -5.74. The van der Waals surface area contributed by atoms with Crippen LogP contribution < -0.4 is 28.4 Å². The average molecular weight is 873 g/mol. The van der Waals surface area contributed by atoms with Gasteiger partial charge in [0.1, 0.15) is 34.5 Å². The van der Waals surface area contributed by atoms with Gasteiger partial charge in [0, 0.05) is 49.6 Å². The van der Waals surface area contributed by atoms with Crippen molar-refractivity contribution >= 4 is 28.6 Å². The fourth-order valence-corrected chi connectivity index (χ4v) is 12.0. The van der Waals surface area contributed by atoms with Crippen molar-refractivity contribution in [3.8, 4) is 56.8 Å². The molecule has 326 valence electrons. The van der Waals surface area contributed by atoms with Crippen molar-refractivity contribution in [1.29, 1.82) is 0 Å². The zero-order valence-corrected chi connectivity index (χ0v) is 37.8. The Morgan fingerprint density at radius 1 is 0.571 bits per heavy atom. The number of hydrogen-bond donors (Lipinski definition) is 0. The van der Waals surface area contributed by atoms with E-state index >= 15 is 0 Å². The fraction of sp³-hybridized carbons (Fsp3) is 0.321. The Labute approximate surface area is 371 Å². The van der Waals surface area contributed by atoms with E-state index in [2.05, 4.69) is 52.0 Å². The van der Waals surface area contributed by atoms with Crippen molar-refractivity contribution in [2.75, 3.05) is 35.5 Å². The number of benzene rings is 6. The summed E-state index contributed by atoms with van der Waals surface area (Å²) in [7, 11) is 8.18. The molecule has 0 atom stereocenters. The summed E-state index contributed by atoms with van der Waals surface area (Å²) in [5.74, 6) is 3.93. The van der Waals surface area contributed by atoms with Crippen LogP contribution in [-0.4, -0.2) is 41.1 Å². The molecule has 3 aliphatic rings. The fourth-order valence-electron chi connectivity index (χ4n) is 11.5. The molecule has 1 saturated carbocycles. The number of halogens is 3. The van der Waals surface area contributed by atoms with Crippen LogP contribution in [0.2, 0.25) is 0 Å². The van der Waals surface area contributed by atoms with E-state index in [-0.39, 0.29) is 27.5 Å². The van der Waals surface area contributed by atoms with Crippen LogP contribution in [0.15, 0.2) is 108 Å². The summed E-state index contributed by atoms with van der Waals surface area (Å²) < 4.78 is 79.2. The van der Waals surface area contributed by atoms with Crippen LogP contribution in [0.4, 0.5) is 13.2 Å². The molecular weight excluding hydrogens is 822 g/mol. The van der Waals surface area contributed by atoms with Gasteiger partial charge in [-0.1, -0.05) is 64.1 Å². The highest BCUT2D eigenvalue weighted by atomic mass is 32.2. The van der Waals surface area contributed by atoms with Gasteiger partial charge in [0.25, 0.3) is 0 Å². The summed E-state index contributed by atoms with van der Waals surface area (Å²) in [6.07, 6.45) is 6.75. The Morgan fingerprint density at radius 3 is 1.68 bits per heavy atom. The van der Waals surface area contributed by atoms with Gasteiger partial charge in [-0.2, -0.15) is 13.2 Å². The maximum Gasteiger partial charge on any atom is 0.446 e. The minimum absolute atomic E-state index is 0.0605. The third-order valence-corrected chi connectivity index (χ3v) is 13.8. The molecule has 9 rings (SSSR count). The molecule has 0 radical (unpaired) electrons. The predicted octanol–water partition coefficient (Wildman–Crippen LogP) is 14.0. The zero-order chi connectivity index (χ0) is 44.7. The van der Waals surface area contributed by atoms with Crippen LogP contribution in [0.25, 0.3) is 39.1 Å². The Balaban J connectivity index is 1.42. The van der Waals surface area contributed by atoms with Crippen LogP contribution in [0.1, 0.15) is 74.8 Å². The summed E-state index contributed by atoms with van der Waals surface area (Å²) in [6, 6.07) is 31.0. The van der Waals surface area contributed by atoms with Crippen LogP contribution in [0, 0.1) is 10.8 Å². The number of fused-ring (bicyclic) bond motifs is 10. The van der Waals surface area contributed by atoms with E-state index < -0.39 is 16.5 Å². The van der Waals surface area contributed by atoms with Crippen molar-refractivity contribution in [3.63, 3.8) is 0 Å². The van der Waals surface area contributed by atoms with Gasteiger partial charge in [0.15, 0.2) is 5.60 Å². The summed E-state index contributed by atoms with van der Waals surface area (Å²) in [6.45, 7) is 9.16. The van der Waals surface area contributed by atoms with E-state index in [1.54, 1.807) is 41.6 Å². The van der Waals surface area contributed by atoms with Gasteiger partial charge in [-0.15, -0.1) is 0 Å². The van der Waals surface area contributed by atoms with E-state index in [1.807, 2.05) is 78.9 Å². The first-order valence-corrected chi connectivity index (χ1v) is 21.8. The molecule has 6 aromatic rings. The van der Waals surface area contributed by atoms with E-state index in [4.69, 9.17) is 28.4 Å². The molecule has 63 heavy (non-hydrogen) atoms. The third kappa shape index (κ3) is 7.14. The molecule has 0 aromatic heterocycles. The summed E-state index contributed by atoms with van der Waals surface area (Å²) in [5.41, 5.74) is 1.57. The standard InChI is InChI=1S/C53H51F3O6S/c1-49(2)28-50(3,4)30-51(29-49)43-25-36(63-53(54,55)56)19-21-38(43)46-41-27-45(61-9)40(37-20-18-35(59-7)24-44(37)60-8)26-42(41)48-39(47(46)51)22-23-52(62-48,31-10-14-33(57-5)15-11-31)32-12-16-34(58-6)17-13-32/h10-27H,28-30H2,1-9H3. The van der Waals surface area contributed by atoms with E-state index in [0.29, 0.717) is 34.5 Å². The van der Waals surface area contributed by atoms with Crippen LogP contribution in [0.3, 0.4) is 0 Å². The lowest BCUT2D eigenvalue weighted by Gasteiger charge is -2.52. The van der Waals surface area contributed by atoms with Gasteiger partial charge in [0.05, 0.1) is 35.5 Å². The second-order valence-corrected chi connectivity index (χ2v) is 19.6. The summed E-state index contributed by atoms with van der Waals surface area (Å²) in [5, 5.41) is 1.69. The van der Waals surface area contributed by atoms with Gasteiger partial charge in [0.2, 0.25) is 0 Å². The van der Waals surface area contributed by atoms with Crippen LogP contribution >= 0.6 is 11.8 Å². The number of thioether (sulfide) groups is 1. The summed E-state index contributed by atoms with van der Waals surface area (Å²) in [4.78, 5) is 0.170. The Bertz CT molecular complexity index is 2730. The number of hydrogen-bond acceptors (Lipinski definition) is 7. The number of methoxy groups -OCH3 is 5. The molecule has 0 amide bonds. The van der Waals surface area contributed by atoms with Gasteiger partial charge < -0.3 is 28.4 Å². The van der Waals surface area contributed by atoms with Crippen molar-refractivity contribution in [2.24, 2.45) is 10.8 Å². The molecule has 1 heterocycles. The SMILES string of the molecule is COc1ccc(C2(c3ccc(OC)cc3)C=Cc3c4c(c5cc(OC)c(-c6ccc(OC)cc6OC)cc5c3O2)-c2ccc(SC(F)(F)F)cc2C42CC(C)(C)CC(C)(C)C2)cc1. The van der Waals surface area contributed by atoms with Crippen molar-refractivity contribution < 1.29 is 41.6 Å². The van der Waals surface area contributed by atoms with E-state index in [0.717, 1.165) is 80.1 Å². The molecule has 0 bridgehead atoms. The van der Waals surface area contributed by atoms with Crippen molar-refractivity contribution in [2.45, 2.75) is 68.4 Å². The third-order valence-electron chi connectivity index (χ3n) is 13.1. The average Bonchev–Trinajstić information content (AvgIpc) is 3.51. The highest BCUT2D eigenvalue weighted by Gasteiger charge is 2.56. The first-order valence-electron chi connectivity index (χ1n) is 21.0. The minimum Gasteiger partial charge on any atom is -0.497 e. The summed E-state index contributed by atoms with van der Waals surface area (Å²) >= 11 is -0.0605. The quantitative estimate of drug-likeness (QED) is 0.134. The number of alkyl halides is 3. The lowest BCUT2D eigenvalue weighted by atomic mass is 9.52. The lowest BCUT2D eigenvalue weighted by Crippen LogP contribution is -2.44. The van der Waals surface area contributed by atoms with Gasteiger partial charge >= 0.3 is 5.51 Å². The zero-order valence-electron chi connectivity index (χ0n) is 37.0. The maximum absolute atomic E-state index is 14.2. The van der Waals surface area contributed by atoms with Crippen LogP contribution in [0.5, 0.6) is 34.5 Å². The molecule has 0 saturated heterocycles. The minimum atomic E-state index is -4.45. The smallest absolute Gasteiger partial charge is 0.446 e. The largest absolute Gasteiger partial charge is 0.497 e. The first-order chi connectivity index (χ1) is 30.0. The van der Waals surface area contributed by atoms with E-state index in [1.165, 1.54) is 0 Å². The molecule has 10 heteroatoms. The Kier molecular flexibility index (Phi) is 10.3. The van der Waals surface area contributed by atoms with Crippen molar-refractivity contribution in [1.82, 2.24) is 0 Å². The molecule has 1 spiro atoms. The van der Waals surface area contributed by atoms with Crippen molar-refractivity contribution in [3.05, 3.63) is 131 Å². The predicted molar refractivity (Wildman–Crippen MR) is 245 cm³/mol. The molecule has 0 unspecified atom stereocenters. The highest BCUT2D eigenvalue weighted by Crippen LogP contribution is 2.68. The number of rotatable bonds is 9. The molecule has 0 N–H and O–H groups in total. The molecule has 6 nitrogen and oxygen atoms in total. The molecular formula is C53H51F3O6S. The number of ether oxygens (including phenoxy) is 6. The monoisotopic (exact) mass is 872 g/mol. The van der Waals surface area contributed by atoms with Gasteiger partial charge in [-0.3, -0.25) is 0 Å². The molecule has 1 aliphatic heterocycles. The maximum atomic E-state index is 14.2. The highest BCUT2D eigenvalue weighted by molar-refractivity contribution is 8.00. The van der Waals surface area contributed by atoms with Crippen LogP contribution in [-0.2, 0) is 11.0 Å². The second kappa shape index (κ2) is 15.2. The lowest BCUT2D eigenvalue weighted by molar-refractivity contribution is -0.0328. The molecule has 1 fully saturated rings. The van der Waals surface area contributed by atoms with E-state index in [9.17, 15) is 13.2 Å².